The van der Waals surface area contributed by atoms with Gasteiger partial charge in [0.15, 0.2) is 0 Å². The quantitative estimate of drug-likeness (QED) is 0.733. The monoisotopic (exact) mass is 293 g/mol. The van der Waals surface area contributed by atoms with E-state index < -0.39 is 0 Å². The number of rotatable bonds is 2. The Balaban J connectivity index is 2.03. The molecule has 0 aliphatic heterocycles. The Hall–Kier alpha value is -2.88. The second kappa shape index (κ2) is 5.48. The van der Waals surface area contributed by atoms with E-state index in [-0.39, 0.29) is 11.5 Å². The lowest BCUT2D eigenvalue weighted by molar-refractivity contribution is 0.102. The highest BCUT2D eigenvalue weighted by atomic mass is 16.4. The topological polar surface area (TPSA) is 59.3 Å². The van der Waals surface area contributed by atoms with Crippen molar-refractivity contribution >= 4 is 22.6 Å². The number of aryl methyl sites for hydroxylation is 2. The largest absolute Gasteiger partial charge is 0.423 e. The van der Waals surface area contributed by atoms with E-state index in [1.54, 1.807) is 18.2 Å². The summed E-state index contributed by atoms with van der Waals surface area (Å²) >= 11 is 0. The fraction of sp³-hybridized carbons (Fsp3) is 0.111. The van der Waals surface area contributed by atoms with Crippen LogP contribution in [0.1, 0.15) is 21.5 Å². The number of fused-ring (bicyclic) bond motifs is 1. The van der Waals surface area contributed by atoms with Crippen molar-refractivity contribution in [2.45, 2.75) is 13.8 Å². The standard InChI is InChI=1S/C18H15NO3/c1-11-9-17(20)22-16-8-12(2)15(10-14(11)16)19-18(21)13-6-4-3-5-7-13/h3-10H,1-2H3,(H,19,21). The molecular formula is C18H15NO3. The van der Waals surface area contributed by atoms with E-state index in [2.05, 4.69) is 5.32 Å². The van der Waals surface area contributed by atoms with Crippen molar-refractivity contribution in [3.63, 3.8) is 0 Å². The van der Waals surface area contributed by atoms with Gasteiger partial charge in [-0.2, -0.15) is 0 Å². The molecule has 0 fully saturated rings. The van der Waals surface area contributed by atoms with Crippen LogP contribution >= 0.6 is 0 Å². The fourth-order valence-corrected chi connectivity index (χ4v) is 2.39. The zero-order valence-electron chi connectivity index (χ0n) is 12.3. The highest BCUT2D eigenvalue weighted by Crippen LogP contribution is 2.25. The third kappa shape index (κ3) is 2.63. The smallest absolute Gasteiger partial charge is 0.336 e. The van der Waals surface area contributed by atoms with Crippen LogP contribution in [-0.2, 0) is 0 Å². The summed E-state index contributed by atoms with van der Waals surface area (Å²) in [5.74, 6) is -0.168. The Labute approximate surface area is 127 Å². The molecule has 1 aromatic heterocycles. The third-order valence-corrected chi connectivity index (χ3v) is 3.58. The molecule has 3 rings (SSSR count). The van der Waals surface area contributed by atoms with Crippen molar-refractivity contribution in [3.05, 3.63) is 75.6 Å². The van der Waals surface area contributed by atoms with Crippen LogP contribution < -0.4 is 10.9 Å². The zero-order valence-corrected chi connectivity index (χ0v) is 12.3. The second-order valence-corrected chi connectivity index (χ2v) is 5.23. The molecule has 0 saturated carbocycles. The van der Waals surface area contributed by atoms with Crippen molar-refractivity contribution in [3.8, 4) is 0 Å². The van der Waals surface area contributed by atoms with Gasteiger partial charge in [-0.15, -0.1) is 0 Å². The van der Waals surface area contributed by atoms with Gasteiger partial charge in [0.1, 0.15) is 5.58 Å². The first-order valence-electron chi connectivity index (χ1n) is 6.96. The Kier molecular flexibility index (Phi) is 3.51. The summed E-state index contributed by atoms with van der Waals surface area (Å²) in [5, 5.41) is 3.72. The number of nitrogens with one attached hydrogen (secondary N) is 1. The predicted molar refractivity (Wildman–Crippen MR) is 86.4 cm³/mol. The molecule has 0 unspecified atom stereocenters. The Morgan fingerprint density at radius 2 is 1.73 bits per heavy atom. The molecule has 0 saturated heterocycles. The summed E-state index contributed by atoms with van der Waals surface area (Å²) in [6, 6.07) is 14.1. The number of carbonyl (C=O) groups is 1. The SMILES string of the molecule is Cc1cc2oc(=O)cc(C)c2cc1NC(=O)c1ccccc1. The van der Waals surface area contributed by atoms with Crippen molar-refractivity contribution in [1.29, 1.82) is 0 Å². The predicted octanol–water partition coefficient (Wildman–Crippen LogP) is 3.66. The zero-order chi connectivity index (χ0) is 15.7. The molecular weight excluding hydrogens is 278 g/mol. The van der Waals surface area contributed by atoms with Gasteiger partial charge in [-0.25, -0.2) is 4.79 Å². The normalized spacial score (nSPS) is 10.6. The Morgan fingerprint density at radius 3 is 2.45 bits per heavy atom. The average molecular weight is 293 g/mol. The van der Waals surface area contributed by atoms with Crippen LogP contribution in [0.2, 0.25) is 0 Å². The van der Waals surface area contributed by atoms with Crippen LogP contribution in [0.4, 0.5) is 5.69 Å². The maximum absolute atomic E-state index is 12.3. The van der Waals surface area contributed by atoms with Crippen molar-refractivity contribution in [2.75, 3.05) is 5.32 Å². The van der Waals surface area contributed by atoms with Gasteiger partial charge >= 0.3 is 5.63 Å². The van der Waals surface area contributed by atoms with Crippen LogP contribution in [0.25, 0.3) is 11.0 Å². The minimum absolute atomic E-state index is 0.168. The average Bonchev–Trinajstić information content (AvgIpc) is 2.49. The van der Waals surface area contributed by atoms with Gasteiger partial charge in [-0.3, -0.25) is 4.79 Å². The first-order valence-corrected chi connectivity index (χ1v) is 6.96. The summed E-state index contributed by atoms with van der Waals surface area (Å²) in [5.41, 5.74) is 3.12. The highest BCUT2D eigenvalue weighted by molar-refractivity contribution is 6.05. The van der Waals surface area contributed by atoms with E-state index in [1.165, 1.54) is 6.07 Å². The molecule has 0 spiro atoms. The molecule has 0 aliphatic rings. The molecule has 110 valence electrons. The van der Waals surface area contributed by atoms with Gasteiger partial charge < -0.3 is 9.73 Å². The van der Waals surface area contributed by atoms with Crippen molar-refractivity contribution in [2.24, 2.45) is 0 Å². The van der Waals surface area contributed by atoms with Crippen LogP contribution in [0.15, 0.2) is 57.7 Å². The van der Waals surface area contributed by atoms with Crippen LogP contribution in [0.5, 0.6) is 0 Å². The fourth-order valence-electron chi connectivity index (χ4n) is 2.39. The van der Waals surface area contributed by atoms with Gasteiger partial charge in [0.25, 0.3) is 5.91 Å². The van der Waals surface area contributed by atoms with E-state index in [1.807, 2.05) is 38.1 Å². The first kappa shape index (κ1) is 14.1. The summed E-state index contributed by atoms with van der Waals surface area (Å²) < 4.78 is 5.20. The van der Waals surface area contributed by atoms with Crippen LogP contribution in [0.3, 0.4) is 0 Å². The number of carbonyl (C=O) groups excluding carboxylic acids is 1. The summed E-state index contributed by atoms with van der Waals surface area (Å²) in [6.07, 6.45) is 0. The lowest BCUT2D eigenvalue weighted by Gasteiger charge is -2.10. The molecule has 4 nitrogen and oxygen atoms in total. The molecule has 0 aliphatic carbocycles. The highest BCUT2D eigenvalue weighted by Gasteiger charge is 2.10. The minimum Gasteiger partial charge on any atom is -0.423 e. The van der Waals surface area contributed by atoms with Gasteiger partial charge in [0, 0.05) is 22.7 Å². The number of hydrogen-bond donors (Lipinski definition) is 1. The van der Waals surface area contributed by atoms with Gasteiger partial charge in [0.2, 0.25) is 0 Å². The Morgan fingerprint density at radius 1 is 1.00 bits per heavy atom. The molecule has 0 atom stereocenters. The molecule has 0 bridgehead atoms. The lowest BCUT2D eigenvalue weighted by Crippen LogP contribution is -2.12. The molecule has 1 heterocycles. The van der Waals surface area contributed by atoms with Gasteiger partial charge in [-0.05, 0) is 49.2 Å². The number of anilines is 1. The number of benzene rings is 2. The first-order chi connectivity index (χ1) is 10.5. The van der Waals surface area contributed by atoms with E-state index in [0.717, 1.165) is 16.5 Å². The number of hydrogen-bond acceptors (Lipinski definition) is 3. The summed E-state index contributed by atoms with van der Waals surface area (Å²) in [6.45, 7) is 3.71. The molecule has 1 amide bonds. The lowest BCUT2D eigenvalue weighted by atomic mass is 10.1. The summed E-state index contributed by atoms with van der Waals surface area (Å²) in [4.78, 5) is 23.7. The molecule has 22 heavy (non-hydrogen) atoms. The third-order valence-electron chi connectivity index (χ3n) is 3.58. The van der Waals surface area contributed by atoms with E-state index in [9.17, 15) is 9.59 Å². The maximum atomic E-state index is 12.3. The molecule has 4 heteroatoms. The second-order valence-electron chi connectivity index (χ2n) is 5.23. The molecule has 1 N–H and O–H groups in total. The van der Waals surface area contributed by atoms with Crippen LogP contribution in [0, 0.1) is 13.8 Å². The van der Waals surface area contributed by atoms with Crippen molar-refractivity contribution < 1.29 is 9.21 Å². The van der Waals surface area contributed by atoms with Crippen LogP contribution in [-0.4, -0.2) is 5.91 Å². The van der Waals surface area contributed by atoms with Gasteiger partial charge in [0.05, 0.1) is 0 Å². The molecule has 2 aromatic carbocycles. The van der Waals surface area contributed by atoms with E-state index in [0.29, 0.717) is 16.8 Å². The van der Waals surface area contributed by atoms with Gasteiger partial charge in [-0.1, -0.05) is 18.2 Å². The Bertz CT molecular complexity index is 911. The van der Waals surface area contributed by atoms with E-state index in [4.69, 9.17) is 4.42 Å². The van der Waals surface area contributed by atoms with Crippen molar-refractivity contribution in [1.82, 2.24) is 0 Å². The minimum atomic E-state index is -0.370. The van der Waals surface area contributed by atoms with E-state index >= 15 is 0 Å². The molecule has 3 aromatic rings. The maximum Gasteiger partial charge on any atom is 0.336 e. The number of amides is 1. The summed E-state index contributed by atoms with van der Waals surface area (Å²) in [7, 11) is 0. The molecule has 0 radical (unpaired) electrons.